The third-order valence-corrected chi connectivity index (χ3v) is 5.20. The van der Waals surface area contributed by atoms with E-state index in [1.54, 1.807) is 4.68 Å². The first kappa shape index (κ1) is 16.6. The smallest absolute Gasteiger partial charge is 0.267 e. The third-order valence-electron chi connectivity index (χ3n) is 5.20. The Morgan fingerprint density at radius 3 is 2.73 bits per heavy atom. The fraction of sp³-hybridized carbons (Fsp3) is 0.273. The zero-order valence-electron chi connectivity index (χ0n) is 14.9. The number of nitrogens with zero attached hydrogens (tertiary/aromatic N) is 3. The summed E-state index contributed by atoms with van der Waals surface area (Å²) in [4.78, 5) is 15.1. The average molecular weight is 343 g/mol. The fourth-order valence-electron chi connectivity index (χ4n) is 3.96. The summed E-state index contributed by atoms with van der Waals surface area (Å²) < 4.78 is 1.55. The van der Waals surface area contributed by atoms with Gasteiger partial charge in [-0.1, -0.05) is 48.4 Å². The molecule has 130 valence electrons. The zero-order chi connectivity index (χ0) is 18.1. The molecule has 0 amide bonds. The van der Waals surface area contributed by atoms with Crippen LogP contribution in [0.5, 0.6) is 0 Å². The summed E-state index contributed by atoms with van der Waals surface area (Å²) in [5.41, 5.74) is 3.47. The zero-order valence-corrected chi connectivity index (χ0v) is 14.9. The Bertz CT molecular complexity index is 1060. The molecule has 0 spiro atoms. The van der Waals surface area contributed by atoms with Crippen LogP contribution < -0.4 is 5.56 Å². The van der Waals surface area contributed by atoms with Crippen LogP contribution in [0.2, 0.25) is 0 Å². The average Bonchev–Trinajstić information content (AvgIpc) is 3.09. The minimum absolute atomic E-state index is 0.0699. The van der Waals surface area contributed by atoms with Crippen molar-refractivity contribution in [3.63, 3.8) is 0 Å². The van der Waals surface area contributed by atoms with Gasteiger partial charge >= 0.3 is 0 Å². The van der Waals surface area contributed by atoms with Gasteiger partial charge in [-0.2, -0.15) is 5.10 Å². The minimum Gasteiger partial charge on any atom is -0.267 e. The third kappa shape index (κ3) is 2.81. The molecule has 4 heteroatoms. The molecule has 0 radical (unpaired) electrons. The molecule has 26 heavy (non-hydrogen) atoms. The molecule has 1 aliphatic rings. The van der Waals surface area contributed by atoms with Crippen LogP contribution in [-0.4, -0.2) is 21.2 Å². The number of hydrogen-bond donors (Lipinski definition) is 0. The maximum absolute atomic E-state index is 12.9. The van der Waals surface area contributed by atoms with Gasteiger partial charge in [0.2, 0.25) is 0 Å². The van der Waals surface area contributed by atoms with Crippen molar-refractivity contribution in [3.8, 4) is 12.3 Å². The van der Waals surface area contributed by atoms with Crippen LogP contribution in [0, 0.1) is 19.3 Å². The number of aryl methyl sites for hydroxylation is 2. The van der Waals surface area contributed by atoms with Gasteiger partial charge in [0.25, 0.3) is 5.56 Å². The first-order chi connectivity index (χ1) is 12.7. The van der Waals surface area contributed by atoms with Gasteiger partial charge in [-0.25, -0.2) is 4.68 Å². The van der Waals surface area contributed by atoms with Crippen molar-refractivity contribution >= 4 is 10.8 Å². The molecule has 1 heterocycles. The summed E-state index contributed by atoms with van der Waals surface area (Å²) in [6.07, 6.45) is 7.69. The maximum atomic E-state index is 12.9. The number of aromatic nitrogens is 2. The molecule has 2 aromatic carbocycles. The maximum Gasteiger partial charge on any atom is 0.275 e. The number of terminal acetylenes is 1. The Balaban J connectivity index is 1.73. The highest BCUT2D eigenvalue weighted by Crippen LogP contribution is 2.35. The van der Waals surface area contributed by atoms with Gasteiger partial charge < -0.3 is 0 Å². The lowest BCUT2D eigenvalue weighted by Crippen LogP contribution is -2.36. The number of rotatable bonds is 4. The van der Waals surface area contributed by atoms with Gasteiger partial charge in [0.15, 0.2) is 0 Å². The second kappa shape index (κ2) is 6.78. The Hall–Kier alpha value is -2.90. The van der Waals surface area contributed by atoms with E-state index in [4.69, 9.17) is 6.42 Å². The van der Waals surface area contributed by atoms with Crippen LogP contribution in [0.3, 0.4) is 0 Å². The molecule has 4 nitrogen and oxygen atoms in total. The van der Waals surface area contributed by atoms with Crippen LogP contribution in [0.15, 0.2) is 53.3 Å². The molecule has 0 fully saturated rings. The van der Waals surface area contributed by atoms with E-state index in [1.165, 1.54) is 11.1 Å². The minimum atomic E-state index is -0.0699. The summed E-state index contributed by atoms with van der Waals surface area (Å²) in [7, 11) is 0. The van der Waals surface area contributed by atoms with E-state index < -0.39 is 0 Å². The summed E-state index contributed by atoms with van der Waals surface area (Å²) in [6, 6.07) is 16.3. The summed E-state index contributed by atoms with van der Waals surface area (Å²) in [6.45, 7) is 2.82. The first-order valence-electron chi connectivity index (χ1n) is 8.91. The second-order valence-electron chi connectivity index (χ2n) is 6.78. The molecular formula is C22H21N3O. The lowest BCUT2D eigenvalue weighted by atomic mass is 10.1. The second-order valence-corrected chi connectivity index (χ2v) is 6.78. The monoisotopic (exact) mass is 343 g/mol. The van der Waals surface area contributed by atoms with Gasteiger partial charge in [0.05, 0.1) is 24.3 Å². The van der Waals surface area contributed by atoms with Crippen molar-refractivity contribution in [2.75, 3.05) is 6.54 Å². The molecule has 0 bridgehead atoms. The normalized spacial score (nSPS) is 16.0. The van der Waals surface area contributed by atoms with E-state index in [-0.39, 0.29) is 11.6 Å². The summed E-state index contributed by atoms with van der Waals surface area (Å²) >= 11 is 0. The number of benzene rings is 2. The molecule has 4 rings (SSSR count). The van der Waals surface area contributed by atoms with E-state index in [0.717, 1.165) is 23.9 Å². The van der Waals surface area contributed by atoms with Crippen molar-refractivity contribution in [1.82, 2.24) is 14.7 Å². The lowest BCUT2D eigenvalue weighted by Gasteiger charge is -2.28. The fourth-order valence-corrected chi connectivity index (χ4v) is 3.96. The molecule has 0 unspecified atom stereocenters. The predicted octanol–water partition coefficient (Wildman–Crippen LogP) is 3.29. The highest BCUT2D eigenvalue weighted by atomic mass is 16.1. The van der Waals surface area contributed by atoms with Crippen molar-refractivity contribution in [2.24, 2.45) is 0 Å². The van der Waals surface area contributed by atoms with Gasteiger partial charge in [-0.15, -0.1) is 6.42 Å². The quantitative estimate of drug-likeness (QED) is 0.682. The highest BCUT2D eigenvalue weighted by molar-refractivity contribution is 5.83. The first-order valence-corrected chi connectivity index (χ1v) is 8.91. The van der Waals surface area contributed by atoms with Gasteiger partial charge in [0.1, 0.15) is 0 Å². The molecule has 1 atom stereocenters. The molecule has 3 aromatic rings. The van der Waals surface area contributed by atoms with E-state index in [1.807, 2.05) is 31.2 Å². The van der Waals surface area contributed by atoms with Crippen LogP contribution in [-0.2, 0) is 13.1 Å². The van der Waals surface area contributed by atoms with Crippen molar-refractivity contribution in [2.45, 2.75) is 32.5 Å². The molecule has 0 saturated carbocycles. The summed E-state index contributed by atoms with van der Waals surface area (Å²) in [5.74, 6) is 2.75. The van der Waals surface area contributed by atoms with Crippen LogP contribution >= 0.6 is 0 Å². The Labute approximate surface area is 153 Å². The Morgan fingerprint density at radius 1 is 1.19 bits per heavy atom. The number of fused-ring (bicyclic) bond motifs is 2. The largest absolute Gasteiger partial charge is 0.275 e. The van der Waals surface area contributed by atoms with Gasteiger partial charge in [0, 0.05) is 11.4 Å². The molecular weight excluding hydrogens is 322 g/mol. The lowest BCUT2D eigenvalue weighted by molar-refractivity contribution is 0.160. The van der Waals surface area contributed by atoms with Crippen molar-refractivity contribution < 1.29 is 0 Å². The molecule has 1 aromatic heterocycles. The van der Waals surface area contributed by atoms with Crippen molar-refractivity contribution in [3.05, 3.63) is 75.7 Å². The standard InChI is InChI=1S/C22H21N3O/c1-3-14-24(21-13-12-17-8-4-5-10-19(17)21)15-25-22(26)20-11-7-6-9-18(20)16(2)23-25/h1,4-11,21H,12-15H2,2H3/t21-/m0/s1. The molecule has 0 aliphatic heterocycles. The van der Waals surface area contributed by atoms with E-state index in [2.05, 4.69) is 40.2 Å². The van der Waals surface area contributed by atoms with Crippen LogP contribution in [0.1, 0.15) is 29.3 Å². The molecule has 1 aliphatic carbocycles. The summed E-state index contributed by atoms with van der Waals surface area (Å²) in [5, 5.41) is 6.15. The van der Waals surface area contributed by atoms with Gasteiger partial charge in [-0.3, -0.25) is 9.69 Å². The van der Waals surface area contributed by atoms with E-state index in [9.17, 15) is 4.79 Å². The van der Waals surface area contributed by atoms with Crippen molar-refractivity contribution in [1.29, 1.82) is 0 Å². The molecule has 0 saturated heterocycles. The highest BCUT2D eigenvalue weighted by Gasteiger charge is 2.28. The van der Waals surface area contributed by atoms with Crippen LogP contribution in [0.25, 0.3) is 10.8 Å². The predicted molar refractivity (Wildman–Crippen MR) is 104 cm³/mol. The Morgan fingerprint density at radius 2 is 1.92 bits per heavy atom. The van der Waals surface area contributed by atoms with Gasteiger partial charge in [-0.05, 0) is 37.0 Å². The van der Waals surface area contributed by atoms with Crippen LogP contribution in [0.4, 0.5) is 0 Å². The number of hydrogen-bond acceptors (Lipinski definition) is 3. The Kier molecular flexibility index (Phi) is 4.32. The van der Waals surface area contributed by atoms with E-state index >= 15 is 0 Å². The SMILES string of the molecule is C#CCN(Cn1nc(C)c2ccccc2c1=O)[C@H]1CCc2ccccc21. The van der Waals surface area contributed by atoms with E-state index in [0.29, 0.717) is 18.6 Å². The molecule has 0 N–H and O–H groups in total. The topological polar surface area (TPSA) is 38.1 Å².